The van der Waals surface area contributed by atoms with E-state index in [1.807, 2.05) is 0 Å². The average Bonchev–Trinajstić information content (AvgIpc) is 2.28. The molecule has 1 aromatic carbocycles. The molecule has 2 aromatic rings. The number of carboxylic acid groups (broad SMARTS) is 1. The number of hydrogen-bond acceptors (Lipinski definition) is 3. The monoisotopic (exact) mass is 252 g/mol. The van der Waals surface area contributed by atoms with Crippen LogP contribution in [0.1, 0.15) is 13.0 Å². The standard InChI is InChI=1S/C11H9ClN2O3/c1-6(11(16)17)14-5-13-9-4-7(12)2-3-8(9)10(14)15/h2-6H,1H3,(H,16,17)/t6-/m1/s1. The predicted octanol–water partition coefficient (Wildman–Crippen LogP) is 1.70. The maximum absolute atomic E-state index is 12.0. The normalized spacial score (nSPS) is 12.6. The molecule has 0 saturated carbocycles. The number of aromatic nitrogens is 2. The summed E-state index contributed by atoms with van der Waals surface area (Å²) in [7, 11) is 0. The van der Waals surface area contributed by atoms with E-state index in [0.717, 1.165) is 4.57 Å². The van der Waals surface area contributed by atoms with Crippen molar-refractivity contribution in [3.63, 3.8) is 0 Å². The molecule has 0 unspecified atom stereocenters. The van der Waals surface area contributed by atoms with Gasteiger partial charge >= 0.3 is 5.97 Å². The Kier molecular flexibility index (Phi) is 2.85. The van der Waals surface area contributed by atoms with Crippen molar-refractivity contribution in [3.8, 4) is 0 Å². The minimum atomic E-state index is -1.08. The van der Waals surface area contributed by atoms with E-state index in [2.05, 4.69) is 4.98 Å². The number of carboxylic acids is 1. The maximum atomic E-state index is 12.0. The highest BCUT2D eigenvalue weighted by Gasteiger charge is 2.16. The van der Waals surface area contributed by atoms with E-state index in [1.165, 1.54) is 19.3 Å². The van der Waals surface area contributed by atoms with Crippen molar-refractivity contribution in [3.05, 3.63) is 39.9 Å². The molecule has 0 radical (unpaired) electrons. The Morgan fingerprint density at radius 1 is 1.53 bits per heavy atom. The first-order valence-corrected chi connectivity index (χ1v) is 5.27. The van der Waals surface area contributed by atoms with Crippen LogP contribution in [0, 0.1) is 0 Å². The molecule has 1 N–H and O–H groups in total. The summed E-state index contributed by atoms with van der Waals surface area (Å²) >= 11 is 5.78. The van der Waals surface area contributed by atoms with Crippen LogP contribution in [0.25, 0.3) is 10.9 Å². The van der Waals surface area contributed by atoms with Crippen LogP contribution in [-0.4, -0.2) is 20.6 Å². The lowest BCUT2D eigenvalue weighted by Gasteiger charge is -2.10. The highest BCUT2D eigenvalue weighted by Crippen LogP contribution is 2.15. The zero-order valence-corrected chi connectivity index (χ0v) is 9.68. The van der Waals surface area contributed by atoms with Gasteiger partial charge in [-0.1, -0.05) is 11.6 Å². The fourth-order valence-corrected chi connectivity index (χ4v) is 1.67. The molecule has 0 bridgehead atoms. The topological polar surface area (TPSA) is 72.2 Å². The molecule has 17 heavy (non-hydrogen) atoms. The Balaban J connectivity index is 2.70. The number of rotatable bonds is 2. The molecule has 1 atom stereocenters. The van der Waals surface area contributed by atoms with Crippen LogP contribution in [0.4, 0.5) is 0 Å². The second-order valence-electron chi connectivity index (χ2n) is 3.63. The highest BCUT2D eigenvalue weighted by atomic mass is 35.5. The lowest BCUT2D eigenvalue weighted by atomic mass is 10.2. The molecule has 0 spiro atoms. The third-order valence-electron chi connectivity index (χ3n) is 2.52. The average molecular weight is 253 g/mol. The molecule has 2 rings (SSSR count). The maximum Gasteiger partial charge on any atom is 0.326 e. The summed E-state index contributed by atoms with van der Waals surface area (Å²) in [5.74, 6) is -1.08. The van der Waals surface area contributed by atoms with Crippen molar-refractivity contribution in [1.29, 1.82) is 0 Å². The van der Waals surface area contributed by atoms with E-state index in [-0.39, 0.29) is 5.56 Å². The van der Waals surface area contributed by atoms with Crippen LogP contribution in [0.3, 0.4) is 0 Å². The Morgan fingerprint density at radius 2 is 2.24 bits per heavy atom. The van der Waals surface area contributed by atoms with Crippen molar-refractivity contribution in [2.75, 3.05) is 0 Å². The van der Waals surface area contributed by atoms with Gasteiger partial charge in [-0.05, 0) is 25.1 Å². The van der Waals surface area contributed by atoms with Crippen molar-refractivity contribution >= 4 is 28.5 Å². The van der Waals surface area contributed by atoms with E-state index < -0.39 is 12.0 Å². The van der Waals surface area contributed by atoms with E-state index in [1.54, 1.807) is 12.1 Å². The number of carbonyl (C=O) groups is 1. The lowest BCUT2D eigenvalue weighted by Crippen LogP contribution is -2.28. The van der Waals surface area contributed by atoms with Gasteiger partial charge in [0.2, 0.25) is 0 Å². The van der Waals surface area contributed by atoms with Crippen LogP contribution in [0.15, 0.2) is 29.3 Å². The Morgan fingerprint density at radius 3 is 2.88 bits per heavy atom. The first-order valence-electron chi connectivity index (χ1n) is 4.90. The fourth-order valence-electron chi connectivity index (χ4n) is 1.50. The third kappa shape index (κ3) is 2.01. The Labute approximate surface area is 101 Å². The van der Waals surface area contributed by atoms with Crippen molar-refractivity contribution in [2.45, 2.75) is 13.0 Å². The van der Waals surface area contributed by atoms with Gasteiger partial charge in [0.05, 0.1) is 17.2 Å². The van der Waals surface area contributed by atoms with Crippen LogP contribution in [0.5, 0.6) is 0 Å². The SMILES string of the molecule is C[C@H](C(=O)O)n1cnc2cc(Cl)ccc2c1=O. The quantitative estimate of drug-likeness (QED) is 0.883. The zero-order valence-electron chi connectivity index (χ0n) is 8.92. The summed E-state index contributed by atoms with van der Waals surface area (Å²) in [5, 5.41) is 9.70. The van der Waals surface area contributed by atoms with E-state index in [9.17, 15) is 9.59 Å². The van der Waals surface area contributed by atoms with Gasteiger partial charge in [-0.25, -0.2) is 9.78 Å². The summed E-state index contributed by atoms with van der Waals surface area (Å²) in [6, 6.07) is 3.73. The van der Waals surface area contributed by atoms with E-state index in [4.69, 9.17) is 16.7 Å². The molecular weight excluding hydrogens is 244 g/mol. The second-order valence-corrected chi connectivity index (χ2v) is 4.07. The van der Waals surface area contributed by atoms with Crippen LogP contribution < -0.4 is 5.56 Å². The fraction of sp³-hybridized carbons (Fsp3) is 0.182. The van der Waals surface area contributed by atoms with E-state index in [0.29, 0.717) is 15.9 Å². The van der Waals surface area contributed by atoms with Gasteiger partial charge in [-0.2, -0.15) is 0 Å². The molecule has 0 aliphatic rings. The molecule has 0 saturated heterocycles. The van der Waals surface area contributed by atoms with Crippen LogP contribution >= 0.6 is 11.6 Å². The molecule has 0 fully saturated rings. The molecule has 0 aliphatic heterocycles. The van der Waals surface area contributed by atoms with Crippen molar-refractivity contribution in [1.82, 2.24) is 9.55 Å². The predicted molar refractivity (Wildman–Crippen MR) is 63.4 cm³/mol. The number of nitrogens with zero attached hydrogens (tertiary/aromatic N) is 2. The number of hydrogen-bond donors (Lipinski definition) is 1. The van der Waals surface area contributed by atoms with Gasteiger partial charge in [0.1, 0.15) is 6.04 Å². The number of fused-ring (bicyclic) bond motifs is 1. The molecule has 1 heterocycles. The summed E-state index contributed by atoms with van der Waals surface area (Å²) in [6.07, 6.45) is 1.22. The lowest BCUT2D eigenvalue weighted by molar-refractivity contribution is -0.140. The van der Waals surface area contributed by atoms with Crippen LogP contribution in [-0.2, 0) is 4.79 Å². The molecule has 6 heteroatoms. The molecule has 1 aromatic heterocycles. The van der Waals surface area contributed by atoms with Gasteiger partial charge in [0.15, 0.2) is 0 Å². The second kappa shape index (κ2) is 4.18. The Bertz CT molecular complexity index is 651. The number of halogens is 1. The largest absolute Gasteiger partial charge is 0.480 e. The molecule has 5 nitrogen and oxygen atoms in total. The highest BCUT2D eigenvalue weighted by molar-refractivity contribution is 6.31. The third-order valence-corrected chi connectivity index (χ3v) is 2.76. The van der Waals surface area contributed by atoms with Gasteiger partial charge in [0, 0.05) is 5.02 Å². The molecule has 88 valence electrons. The van der Waals surface area contributed by atoms with Crippen LogP contribution in [0.2, 0.25) is 5.02 Å². The van der Waals surface area contributed by atoms with Gasteiger partial charge in [0.25, 0.3) is 5.56 Å². The first kappa shape index (κ1) is 11.6. The van der Waals surface area contributed by atoms with E-state index >= 15 is 0 Å². The summed E-state index contributed by atoms with van der Waals surface area (Å²) in [6.45, 7) is 1.42. The van der Waals surface area contributed by atoms with Crippen molar-refractivity contribution < 1.29 is 9.90 Å². The Hall–Kier alpha value is -1.88. The van der Waals surface area contributed by atoms with Gasteiger partial charge in [-0.15, -0.1) is 0 Å². The molecular formula is C11H9ClN2O3. The first-order chi connectivity index (χ1) is 8.00. The number of aliphatic carboxylic acids is 1. The minimum absolute atomic E-state index is 0.352. The minimum Gasteiger partial charge on any atom is -0.480 e. The number of benzene rings is 1. The molecule has 0 aliphatic carbocycles. The van der Waals surface area contributed by atoms with Gasteiger partial charge < -0.3 is 5.11 Å². The molecule has 0 amide bonds. The smallest absolute Gasteiger partial charge is 0.326 e. The summed E-state index contributed by atoms with van der Waals surface area (Å²) in [5.41, 5.74) is 0.0675. The van der Waals surface area contributed by atoms with Gasteiger partial charge in [-0.3, -0.25) is 9.36 Å². The zero-order chi connectivity index (χ0) is 12.6. The van der Waals surface area contributed by atoms with Crippen molar-refractivity contribution in [2.24, 2.45) is 0 Å². The summed E-state index contributed by atoms with van der Waals surface area (Å²) in [4.78, 5) is 26.9. The summed E-state index contributed by atoms with van der Waals surface area (Å²) < 4.78 is 1.08.